The van der Waals surface area contributed by atoms with E-state index in [9.17, 15) is 9.18 Å². The highest BCUT2D eigenvalue weighted by Gasteiger charge is 2.26. The first-order valence-electron chi connectivity index (χ1n) is 7.41. The molecule has 0 saturated carbocycles. The molecule has 2 aromatic carbocycles. The van der Waals surface area contributed by atoms with Crippen molar-refractivity contribution in [3.63, 3.8) is 0 Å². The first-order valence-corrected chi connectivity index (χ1v) is 8.61. The van der Waals surface area contributed by atoms with Gasteiger partial charge in [0.2, 0.25) is 0 Å². The Hall–Kier alpha value is -2.25. The maximum atomic E-state index is 13.2. The highest BCUT2D eigenvalue weighted by atomic mass is 79.9. The van der Waals surface area contributed by atoms with Gasteiger partial charge in [0, 0.05) is 7.05 Å². The lowest BCUT2D eigenvalue weighted by Crippen LogP contribution is -2.25. The van der Waals surface area contributed by atoms with Crippen LogP contribution in [0.5, 0.6) is 5.75 Å². The predicted octanol–water partition coefficient (Wildman–Crippen LogP) is 3.85. The van der Waals surface area contributed by atoms with E-state index in [2.05, 4.69) is 21.2 Å². The number of rotatable bonds is 4. The molecule has 1 heterocycles. The monoisotopic (exact) mass is 420 g/mol. The van der Waals surface area contributed by atoms with Crippen molar-refractivity contribution in [1.29, 1.82) is 0 Å². The van der Waals surface area contributed by atoms with E-state index in [1.54, 1.807) is 31.3 Å². The second-order valence-corrected chi connectivity index (χ2v) is 6.70. The summed E-state index contributed by atoms with van der Waals surface area (Å²) in [6.07, 6.45) is 1.72. The number of halogens is 2. The standard InChI is InChI=1S/C18H14BrFN2O2S/c1-22-17(23)15(21-18(22)25)9-11-5-6-16(14(19)8-11)24-10-12-3-2-4-13(20)7-12/h2-9H,10H2,1H3,(H,21,25)/b15-9-. The molecule has 128 valence electrons. The van der Waals surface area contributed by atoms with E-state index in [-0.39, 0.29) is 18.3 Å². The molecule has 25 heavy (non-hydrogen) atoms. The maximum absolute atomic E-state index is 13.2. The molecule has 0 aliphatic carbocycles. The van der Waals surface area contributed by atoms with Crippen molar-refractivity contribution >= 4 is 45.2 Å². The number of nitrogens with zero attached hydrogens (tertiary/aromatic N) is 1. The third kappa shape index (κ3) is 4.05. The molecule has 0 spiro atoms. The van der Waals surface area contributed by atoms with Crippen LogP contribution in [-0.2, 0) is 11.4 Å². The van der Waals surface area contributed by atoms with Crippen LogP contribution in [0.25, 0.3) is 6.08 Å². The minimum Gasteiger partial charge on any atom is -0.488 e. The van der Waals surface area contributed by atoms with Crippen molar-refractivity contribution in [3.05, 3.63) is 69.6 Å². The molecular formula is C18H14BrFN2O2S. The van der Waals surface area contributed by atoms with Crippen LogP contribution >= 0.6 is 28.1 Å². The van der Waals surface area contributed by atoms with E-state index in [1.807, 2.05) is 12.1 Å². The number of hydrogen-bond acceptors (Lipinski definition) is 3. The van der Waals surface area contributed by atoms with Crippen LogP contribution in [-0.4, -0.2) is 23.0 Å². The summed E-state index contributed by atoms with van der Waals surface area (Å²) < 4.78 is 19.6. The van der Waals surface area contributed by atoms with Crippen molar-refractivity contribution < 1.29 is 13.9 Å². The molecule has 1 amide bonds. The van der Waals surface area contributed by atoms with E-state index in [0.717, 1.165) is 15.6 Å². The summed E-state index contributed by atoms with van der Waals surface area (Å²) in [7, 11) is 1.62. The van der Waals surface area contributed by atoms with Gasteiger partial charge in [-0.3, -0.25) is 9.69 Å². The summed E-state index contributed by atoms with van der Waals surface area (Å²) in [4.78, 5) is 13.4. The van der Waals surface area contributed by atoms with E-state index in [0.29, 0.717) is 16.6 Å². The molecule has 0 bridgehead atoms. The SMILES string of the molecule is CN1C(=O)/C(=C/c2ccc(OCc3cccc(F)c3)c(Br)c2)NC1=S. The van der Waals surface area contributed by atoms with Crippen LogP contribution in [0.4, 0.5) is 4.39 Å². The molecule has 0 unspecified atom stereocenters. The first kappa shape index (κ1) is 17.6. The van der Waals surface area contributed by atoms with Crippen LogP contribution in [0.3, 0.4) is 0 Å². The zero-order chi connectivity index (χ0) is 18.0. The average Bonchev–Trinajstić information content (AvgIpc) is 2.81. The summed E-state index contributed by atoms with van der Waals surface area (Å²) in [6.45, 7) is 0.260. The molecule has 1 aliphatic rings. The molecule has 2 aromatic rings. The highest BCUT2D eigenvalue weighted by Crippen LogP contribution is 2.28. The zero-order valence-corrected chi connectivity index (χ0v) is 15.7. The number of likely N-dealkylation sites (N-methyl/N-ethyl adjacent to an activating group) is 1. The number of carbonyl (C=O) groups is 1. The summed E-state index contributed by atoms with van der Waals surface area (Å²) >= 11 is 8.50. The highest BCUT2D eigenvalue weighted by molar-refractivity contribution is 9.10. The van der Waals surface area contributed by atoms with Crippen LogP contribution in [0.15, 0.2) is 52.6 Å². The Bertz CT molecular complexity index is 885. The fourth-order valence-electron chi connectivity index (χ4n) is 2.30. The maximum Gasteiger partial charge on any atom is 0.276 e. The Balaban J connectivity index is 1.73. The molecule has 1 N–H and O–H groups in total. The summed E-state index contributed by atoms with van der Waals surface area (Å²) in [5.74, 6) is 0.163. The summed E-state index contributed by atoms with van der Waals surface area (Å²) in [5.41, 5.74) is 1.99. The van der Waals surface area contributed by atoms with Crippen LogP contribution in [0, 0.1) is 5.82 Å². The molecule has 1 fully saturated rings. The number of nitrogens with one attached hydrogen (secondary N) is 1. The van der Waals surface area contributed by atoms with Crippen LogP contribution < -0.4 is 10.1 Å². The van der Waals surface area contributed by atoms with Gasteiger partial charge in [-0.15, -0.1) is 0 Å². The largest absolute Gasteiger partial charge is 0.488 e. The number of ether oxygens (including phenoxy) is 1. The molecule has 1 aliphatic heterocycles. The normalized spacial score (nSPS) is 15.6. The van der Waals surface area contributed by atoms with Gasteiger partial charge in [-0.25, -0.2) is 4.39 Å². The Morgan fingerprint density at radius 2 is 2.12 bits per heavy atom. The van der Waals surface area contributed by atoms with Crippen molar-refractivity contribution in [2.75, 3.05) is 7.05 Å². The third-order valence-electron chi connectivity index (χ3n) is 3.63. The number of benzene rings is 2. The van der Waals surface area contributed by atoms with Gasteiger partial charge in [-0.1, -0.05) is 18.2 Å². The van der Waals surface area contributed by atoms with E-state index >= 15 is 0 Å². The van der Waals surface area contributed by atoms with Gasteiger partial charge >= 0.3 is 0 Å². The Kier molecular flexibility index (Phi) is 5.15. The first-order chi connectivity index (χ1) is 11.9. The molecule has 0 atom stereocenters. The minimum absolute atomic E-state index is 0.174. The zero-order valence-electron chi connectivity index (χ0n) is 13.3. The number of thiocarbonyl (C=S) groups is 1. The van der Waals surface area contributed by atoms with Crippen molar-refractivity contribution in [2.45, 2.75) is 6.61 Å². The number of carbonyl (C=O) groups excluding carboxylic acids is 1. The van der Waals surface area contributed by atoms with Crippen LogP contribution in [0.2, 0.25) is 0 Å². The minimum atomic E-state index is -0.293. The van der Waals surface area contributed by atoms with Gasteiger partial charge in [0.15, 0.2) is 5.11 Å². The van der Waals surface area contributed by atoms with E-state index in [1.165, 1.54) is 17.0 Å². The predicted molar refractivity (Wildman–Crippen MR) is 101 cm³/mol. The lowest BCUT2D eigenvalue weighted by Gasteiger charge is -2.09. The van der Waals surface area contributed by atoms with Gasteiger partial charge in [0.05, 0.1) is 4.47 Å². The second kappa shape index (κ2) is 7.33. The van der Waals surface area contributed by atoms with Gasteiger partial charge in [0.25, 0.3) is 5.91 Å². The van der Waals surface area contributed by atoms with E-state index < -0.39 is 0 Å². The Morgan fingerprint density at radius 3 is 2.76 bits per heavy atom. The molecule has 4 nitrogen and oxygen atoms in total. The molecule has 7 heteroatoms. The van der Waals surface area contributed by atoms with Crippen molar-refractivity contribution in [3.8, 4) is 5.75 Å². The Labute approximate surface area is 158 Å². The molecule has 3 rings (SSSR count). The van der Waals surface area contributed by atoms with Crippen molar-refractivity contribution in [1.82, 2.24) is 10.2 Å². The fraction of sp³-hybridized carbons (Fsp3) is 0.111. The van der Waals surface area contributed by atoms with E-state index in [4.69, 9.17) is 17.0 Å². The van der Waals surface area contributed by atoms with Gasteiger partial charge in [-0.2, -0.15) is 0 Å². The molecule has 1 saturated heterocycles. The number of hydrogen-bond donors (Lipinski definition) is 1. The number of amides is 1. The Morgan fingerprint density at radius 1 is 1.32 bits per heavy atom. The quantitative estimate of drug-likeness (QED) is 0.602. The lowest BCUT2D eigenvalue weighted by molar-refractivity contribution is -0.121. The lowest BCUT2D eigenvalue weighted by atomic mass is 10.2. The second-order valence-electron chi connectivity index (χ2n) is 5.46. The topological polar surface area (TPSA) is 41.6 Å². The summed E-state index contributed by atoms with van der Waals surface area (Å²) in [5, 5.41) is 3.25. The third-order valence-corrected chi connectivity index (χ3v) is 4.63. The van der Waals surface area contributed by atoms with Crippen LogP contribution in [0.1, 0.15) is 11.1 Å². The molecular weight excluding hydrogens is 407 g/mol. The van der Waals surface area contributed by atoms with Gasteiger partial charge in [0.1, 0.15) is 23.9 Å². The summed E-state index contributed by atoms with van der Waals surface area (Å²) in [6, 6.07) is 11.7. The average molecular weight is 421 g/mol. The molecule has 0 aromatic heterocycles. The van der Waals surface area contributed by atoms with Crippen molar-refractivity contribution in [2.24, 2.45) is 0 Å². The van der Waals surface area contributed by atoms with Gasteiger partial charge < -0.3 is 10.1 Å². The smallest absolute Gasteiger partial charge is 0.276 e. The fourth-order valence-corrected chi connectivity index (χ4v) is 3.01. The van der Waals surface area contributed by atoms with Gasteiger partial charge in [-0.05, 0) is 69.6 Å². The molecule has 0 radical (unpaired) electrons.